The minimum atomic E-state index is -3.22. The van der Waals surface area contributed by atoms with Crippen LogP contribution in [-0.4, -0.2) is 13.7 Å². The standard InChI is InChI=1S/C15H22FNO2S/c1-11-3-2-4-15(5-11)20(18,19)10-13-6-12(9-17)7-14(16)8-13/h6-8,11,15H,2-5,9-10,17H2,1H3. The van der Waals surface area contributed by atoms with E-state index in [2.05, 4.69) is 6.92 Å². The molecule has 1 fully saturated rings. The maximum absolute atomic E-state index is 13.4. The number of halogens is 1. The maximum Gasteiger partial charge on any atom is 0.157 e. The van der Waals surface area contributed by atoms with Crippen LogP contribution in [0.1, 0.15) is 43.7 Å². The van der Waals surface area contributed by atoms with E-state index in [1.54, 1.807) is 6.07 Å². The van der Waals surface area contributed by atoms with Crippen LogP contribution in [0.3, 0.4) is 0 Å². The molecule has 2 rings (SSSR count). The predicted octanol–water partition coefficient (Wildman–Crippen LogP) is 2.78. The number of rotatable bonds is 4. The molecular weight excluding hydrogens is 277 g/mol. The van der Waals surface area contributed by atoms with Crippen molar-refractivity contribution in [2.75, 3.05) is 0 Å². The zero-order valence-electron chi connectivity index (χ0n) is 11.8. The molecule has 3 nitrogen and oxygen atoms in total. The molecule has 1 aromatic carbocycles. The summed E-state index contributed by atoms with van der Waals surface area (Å²) in [5, 5.41) is -0.282. The summed E-state index contributed by atoms with van der Waals surface area (Å²) in [6.45, 7) is 2.31. The zero-order chi connectivity index (χ0) is 14.8. The van der Waals surface area contributed by atoms with Crippen LogP contribution in [0.4, 0.5) is 4.39 Å². The molecule has 5 heteroatoms. The fourth-order valence-electron chi connectivity index (χ4n) is 2.97. The van der Waals surface area contributed by atoms with Crippen molar-refractivity contribution in [3.8, 4) is 0 Å². The van der Waals surface area contributed by atoms with Gasteiger partial charge >= 0.3 is 0 Å². The van der Waals surface area contributed by atoms with E-state index in [9.17, 15) is 12.8 Å². The number of nitrogens with two attached hydrogens (primary N) is 1. The smallest absolute Gasteiger partial charge is 0.157 e. The molecular formula is C15H22FNO2S. The topological polar surface area (TPSA) is 60.2 Å². The molecule has 0 heterocycles. The molecule has 0 aromatic heterocycles. The average Bonchev–Trinajstić information content (AvgIpc) is 2.37. The van der Waals surface area contributed by atoms with Gasteiger partial charge in [-0.3, -0.25) is 0 Å². The molecule has 1 aliphatic carbocycles. The Morgan fingerprint density at radius 2 is 1.95 bits per heavy atom. The van der Waals surface area contributed by atoms with Gasteiger partial charge in [-0.05, 0) is 42.0 Å². The van der Waals surface area contributed by atoms with Gasteiger partial charge in [0.05, 0.1) is 11.0 Å². The van der Waals surface area contributed by atoms with E-state index in [4.69, 9.17) is 5.73 Å². The van der Waals surface area contributed by atoms with Gasteiger partial charge in [-0.25, -0.2) is 12.8 Å². The van der Waals surface area contributed by atoms with Crippen molar-refractivity contribution < 1.29 is 12.8 Å². The summed E-state index contributed by atoms with van der Waals surface area (Å²) >= 11 is 0. The van der Waals surface area contributed by atoms with Crippen molar-refractivity contribution in [3.63, 3.8) is 0 Å². The molecule has 0 radical (unpaired) electrons. The molecule has 20 heavy (non-hydrogen) atoms. The van der Waals surface area contributed by atoms with Gasteiger partial charge in [-0.2, -0.15) is 0 Å². The highest BCUT2D eigenvalue weighted by Gasteiger charge is 2.30. The summed E-state index contributed by atoms with van der Waals surface area (Å²) in [5.74, 6) is -0.0550. The lowest BCUT2D eigenvalue weighted by Gasteiger charge is -2.26. The highest BCUT2D eigenvalue weighted by atomic mass is 32.2. The molecule has 2 atom stereocenters. The number of hydrogen-bond donors (Lipinski definition) is 1. The van der Waals surface area contributed by atoms with Crippen molar-refractivity contribution in [3.05, 3.63) is 35.1 Å². The van der Waals surface area contributed by atoms with Crippen LogP contribution < -0.4 is 5.73 Å². The number of sulfone groups is 1. The van der Waals surface area contributed by atoms with Gasteiger partial charge in [0.2, 0.25) is 0 Å². The highest BCUT2D eigenvalue weighted by molar-refractivity contribution is 7.91. The molecule has 1 saturated carbocycles. The molecule has 0 spiro atoms. The third-order valence-electron chi connectivity index (χ3n) is 4.02. The van der Waals surface area contributed by atoms with E-state index in [0.717, 1.165) is 25.7 Å². The SMILES string of the molecule is CC1CCCC(S(=O)(=O)Cc2cc(F)cc(CN)c2)C1. The van der Waals surface area contributed by atoms with Crippen molar-refractivity contribution in [2.24, 2.45) is 11.7 Å². The van der Waals surface area contributed by atoms with E-state index >= 15 is 0 Å². The first-order valence-corrected chi connectivity index (χ1v) is 8.82. The van der Waals surface area contributed by atoms with Crippen LogP contribution in [0.5, 0.6) is 0 Å². The largest absolute Gasteiger partial charge is 0.326 e. The van der Waals surface area contributed by atoms with Crippen molar-refractivity contribution >= 4 is 9.84 Å². The van der Waals surface area contributed by atoms with Crippen molar-refractivity contribution in [1.29, 1.82) is 0 Å². The summed E-state index contributed by atoms with van der Waals surface area (Å²) in [7, 11) is -3.22. The second-order valence-corrected chi connectivity index (χ2v) is 8.15. The fraction of sp³-hybridized carbons (Fsp3) is 0.600. The second-order valence-electron chi connectivity index (χ2n) is 5.87. The number of hydrogen-bond acceptors (Lipinski definition) is 3. The summed E-state index contributed by atoms with van der Waals surface area (Å²) < 4.78 is 38.4. The maximum atomic E-state index is 13.4. The van der Waals surface area contributed by atoms with E-state index in [1.807, 2.05) is 0 Å². The third kappa shape index (κ3) is 3.79. The summed E-state index contributed by atoms with van der Waals surface area (Å²) in [4.78, 5) is 0. The van der Waals surface area contributed by atoms with E-state index in [0.29, 0.717) is 17.0 Å². The van der Waals surface area contributed by atoms with Gasteiger partial charge in [0, 0.05) is 6.54 Å². The average molecular weight is 299 g/mol. The Balaban J connectivity index is 2.17. The van der Waals surface area contributed by atoms with Crippen LogP contribution in [-0.2, 0) is 22.1 Å². The highest BCUT2D eigenvalue weighted by Crippen LogP contribution is 2.30. The molecule has 0 aliphatic heterocycles. The lowest BCUT2D eigenvalue weighted by atomic mass is 9.91. The molecule has 0 amide bonds. The number of benzene rings is 1. The fourth-order valence-corrected chi connectivity index (χ4v) is 4.99. The Bertz CT molecular complexity index is 571. The van der Waals surface area contributed by atoms with E-state index in [-0.39, 0.29) is 17.5 Å². The summed E-state index contributed by atoms with van der Waals surface area (Å²) in [6.07, 6.45) is 3.51. The van der Waals surface area contributed by atoms with E-state index < -0.39 is 15.7 Å². The van der Waals surface area contributed by atoms with Gasteiger partial charge in [-0.15, -0.1) is 0 Å². The monoisotopic (exact) mass is 299 g/mol. The Hall–Kier alpha value is -0.940. The van der Waals surface area contributed by atoms with Gasteiger partial charge in [0.1, 0.15) is 5.82 Å². The zero-order valence-corrected chi connectivity index (χ0v) is 12.6. The molecule has 0 bridgehead atoms. The normalized spacial score (nSPS) is 23.8. The van der Waals surface area contributed by atoms with Gasteiger partial charge < -0.3 is 5.73 Å². The summed E-state index contributed by atoms with van der Waals surface area (Å²) in [5.41, 5.74) is 6.63. The molecule has 2 unspecified atom stereocenters. The lowest BCUT2D eigenvalue weighted by Crippen LogP contribution is -2.28. The second kappa shape index (κ2) is 6.22. The summed E-state index contributed by atoms with van der Waals surface area (Å²) in [6, 6.07) is 4.33. The van der Waals surface area contributed by atoms with Crippen LogP contribution in [0.15, 0.2) is 18.2 Å². The minimum absolute atomic E-state index is 0.0881. The molecule has 2 N–H and O–H groups in total. The Morgan fingerprint density at radius 3 is 2.60 bits per heavy atom. The first kappa shape index (κ1) is 15.4. The predicted molar refractivity (Wildman–Crippen MR) is 78.3 cm³/mol. The minimum Gasteiger partial charge on any atom is -0.326 e. The van der Waals surface area contributed by atoms with Crippen LogP contribution in [0.25, 0.3) is 0 Å². The van der Waals surface area contributed by atoms with Crippen LogP contribution >= 0.6 is 0 Å². The molecule has 0 saturated heterocycles. The van der Waals surface area contributed by atoms with E-state index in [1.165, 1.54) is 12.1 Å². The van der Waals surface area contributed by atoms with Crippen molar-refractivity contribution in [1.82, 2.24) is 0 Å². The third-order valence-corrected chi connectivity index (χ3v) is 6.20. The Labute approximate surface area is 120 Å². The Kier molecular flexibility index (Phi) is 4.81. The van der Waals surface area contributed by atoms with Gasteiger partial charge in [0.15, 0.2) is 9.84 Å². The Morgan fingerprint density at radius 1 is 1.25 bits per heavy atom. The molecule has 1 aromatic rings. The molecule has 1 aliphatic rings. The lowest BCUT2D eigenvalue weighted by molar-refractivity contribution is 0.382. The van der Waals surface area contributed by atoms with Gasteiger partial charge in [-0.1, -0.05) is 25.8 Å². The first-order chi connectivity index (χ1) is 9.40. The quantitative estimate of drug-likeness (QED) is 0.930. The van der Waals surface area contributed by atoms with Crippen LogP contribution in [0.2, 0.25) is 0 Å². The van der Waals surface area contributed by atoms with Gasteiger partial charge in [0.25, 0.3) is 0 Å². The van der Waals surface area contributed by atoms with Crippen LogP contribution in [0, 0.1) is 11.7 Å². The van der Waals surface area contributed by atoms with Crippen molar-refractivity contribution in [2.45, 2.75) is 50.2 Å². The molecule has 112 valence electrons. The first-order valence-electron chi connectivity index (χ1n) is 7.10.